The summed E-state index contributed by atoms with van der Waals surface area (Å²) in [6.45, 7) is 2.87. The maximum absolute atomic E-state index is 13.4. The van der Waals surface area contributed by atoms with Gasteiger partial charge >= 0.3 is 0 Å². The molecule has 0 bridgehead atoms. The lowest BCUT2D eigenvalue weighted by atomic mass is 10.2. The second kappa shape index (κ2) is 12.6. The van der Waals surface area contributed by atoms with Crippen LogP contribution in [0.5, 0.6) is 0 Å². The van der Waals surface area contributed by atoms with Gasteiger partial charge < -0.3 is 10.1 Å². The lowest BCUT2D eigenvalue weighted by Gasteiger charge is -2.26. The van der Waals surface area contributed by atoms with Gasteiger partial charge in [-0.3, -0.25) is 4.79 Å². The van der Waals surface area contributed by atoms with Gasteiger partial charge in [-0.05, 0) is 54.4 Å². The van der Waals surface area contributed by atoms with Crippen LogP contribution in [0.4, 0.5) is 0 Å². The van der Waals surface area contributed by atoms with Crippen LogP contribution in [0, 0.1) is 6.92 Å². The van der Waals surface area contributed by atoms with Crippen molar-refractivity contribution in [3.05, 3.63) is 94.5 Å². The summed E-state index contributed by atoms with van der Waals surface area (Å²) in [6, 6.07) is 19.5. The molecule has 3 aromatic carbocycles. The monoisotopic (exact) mass is 591 g/mol. The van der Waals surface area contributed by atoms with Crippen molar-refractivity contribution in [2.45, 2.75) is 29.8 Å². The van der Waals surface area contributed by atoms with Crippen LogP contribution in [0.3, 0.4) is 0 Å². The molecule has 0 aromatic heterocycles. The van der Waals surface area contributed by atoms with Crippen molar-refractivity contribution in [1.29, 1.82) is 0 Å². The Kier molecular flexibility index (Phi) is 9.42. The average molecular weight is 592 g/mol. The third kappa shape index (κ3) is 7.44. The lowest BCUT2D eigenvalue weighted by Crippen LogP contribution is -2.40. The van der Waals surface area contributed by atoms with Gasteiger partial charge in [-0.15, -0.1) is 0 Å². The van der Waals surface area contributed by atoms with Crippen LogP contribution in [0.2, 0.25) is 5.02 Å². The molecule has 1 aliphatic heterocycles. The first-order valence-electron chi connectivity index (χ1n) is 12.3. The quantitative estimate of drug-likeness (QED) is 0.387. The third-order valence-corrected chi connectivity index (χ3v) is 10.2. The van der Waals surface area contributed by atoms with E-state index in [-0.39, 0.29) is 22.9 Å². The van der Waals surface area contributed by atoms with Crippen molar-refractivity contribution in [2.24, 2.45) is 0 Å². The zero-order valence-corrected chi connectivity index (χ0v) is 23.8. The molecule has 39 heavy (non-hydrogen) atoms. The van der Waals surface area contributed by atoms with E-state index in [0.717, 1.165) is 9.87 Å². The number of carbonyl (C=O) groups excluding carboxylic acids is 1. The van der Waals surface area contributed by atoms with Crippen molar-refractivity contribution >= 4 is 37.6 Å². The molecular formula is C27H30ClN3O6S2. The zero-order chi connectivity index (χ0) is 28.0. The fraction of sp³-hybridized carbons (Fsp3) is 0.296. The molecule has 1 amide bonds. The molecular weight excluding hydrogens is 562 g/mol. The van der Waals surface area contributed by atoms with Crippen molar-refractivity contribution in [3.8, 4) is 0 Å². The highest BCUT2D eigenvalue weighted by Crippen LogP contribution is 2.21. The molecule has 4 rings (SSSR count). The van der Waals surface area contributed by atoms with E-state index in [4.69, 9.17) is 16.3 Å². The average Bonchev–Trinajstić information content (AvgIpc) is 2.93. The Morgan fingerprint density at radius 1 is 0.872 bits per heavy atom. The Balaban J connectivity index is 1.44. The van der Waals surface area contributed by atoms with Crippen LogP contribution >= 0.6 is 11.6 Å². The van der Waals surface area contributed by atoms with Gasteiger partial charge in [0.25, 0.3) is 0 Å². The van der Waals surface area contributed by atoms with Gasteiger partial charge in [0.1, 0.15) is 0 Å². The number of amides is 1. The van der Waals surface area contributed by atoms with Crippen LogP contribution in [0.15, 0.2) is 82.6 Å². The predicted octanol–water partition coefficient (Wildman–Crippen LogP) is 3.18. The second-order valence-electron chi connectivity index (χ2n) is 9.15. The summed E-state index contributed by atoms with van der Waals surface area (Å²) in [5.41, 5.74) is 2.27. The number of nitrogens with one attached hydrogen (secondary N) is 1. The number of hydrogen-bond acceptors (Lipinski definition) is 6. The van der Waals surface area contributed by atoms with Gasteiger partial charge in [0.15, 0.2) is 0 Å². The number of aryl methyl sites for hydroxylation is 1. The van der Waals surface area contributed by atoms with Crippen LogP contribution in [0.25, 0.3) is 0 Å². The summed E-state index contributed by atoms with van der Waals surface area (Å²) in [7, 11) is -7.60. The molecule has 1 saturated heterocycles. The van der Waals surface area contributed by atoms with Gasteiger partial charge in [0.05, 0.1) is 29.5 Å². The van der Waals surface area contributed by atoms with E-state index in [1.165, 1.54) is 28.6 Å². The molecule has 0 unspecified atom stereocenters. The molecule has 1 N–H and O–H groups in total. The molecule has 1 fully saturated rings. The van der Waals surface area contributed by atoms with E-state index < -0.39 is 32.5 Å². The number of benzene rings is 3. The van der Waals surface area contributed by atoms with E-state index in [1.807, 2.05) is 6.92 Å². The fourth-order valence-electron chi connectivity index (χ4n) is 4.01. The van der Waals surface area contributed by atoms with Gasteiger partial charge in [-0.2, -0.15) is 8.61 Å². The van der Waals surface area contributed by atoms with Crippen molar-refractivity contribution in [1.82, 2.24) is 13.9 Å². The highest BCUT2D eigenvalue weighted by molar-refractivity contribution is 7.89. The van der Waals surface area contributed by atoms with Crippen molar-refractivity contribution in [3.63, 3.8) is 0 Å². The summed E-state index contributed by atoms with van der Waals surface area (Å²) in [4.78, 5) is 13.1. The van der Waals surface area contributed by atoms with Crippen LogP contribution in [0.1, 0.15) is 16.7 Å². The van der Waals surface area contributed by atoms with Gasteiger partial charge in [-0.1, -0.05) is 53.6 Å². The molecule has 0 aliphatic carbocycles. The number of sulfonamides is 2. The molecule has 1 aliphatic rings. The SMILES string of the molecule is Cc1ccc(S(=O)(=O)N(CC(=O)NCc2ccc(S(=O)(=O)N3CCOCC3)cc2)Cc2ccc(Cl)cc2)cc1. The maximum atomic E-state index is 13.4. The highest BCUT2D eigenvalue weighted by atomic mass is 35.5. The molecule has 208 valence electrons. The molecule has 3 aromatic rings. The first-order valence-corrected chi connectivity index (χ1v) is 15.6. The first kappa shape index (κ1) is 29.2. The minimum Gasteiger partial charge on any atom is -0.379 e. The smallest absolute Gasteiger partial charge is 0.243 e. The van der Waals surface area contributed by atoms with Gasteiger partial charge in [0.2, 0.25) is 26.0 Å². The van der Waals surface area contributed by atoms with E-state index in [2.05, 4.69) is 5.32 Å². The molecule has 1 heterocycles. The van der Waals surface area contributed by atoms with Crippen LogP contribution < -0.4 is 5.32 Å². The standard InChI is InChI=1S/C27H30ClN3O6S2/c1-21-2-10-25(11-3-21)39(35,36)31(19-23-4-8-24(28)9-5-23)20-27(32)29-18-22-6-12-26(13-7-22)38(33,34)30-14-16-37-17-15-30/h2-13H,14-20H2,1H3,(H,29,32). The summed E-state index contributed by atoms with van der Waals surface area (Å²) in [5, 5.41) is 3.26. The Hall–Kier alpha value is -2.80. The highest BCUT2D eigenvalue weighted by Gasteiger charge is 2.28. The van der Waals surface area contributed by atoms with Gasteiger partial charge in [-0.25, -0.2) is 16.8 Å². The fourth-order valence-corrected chi connectivity index (χ4v) is 6.93. The molecule has 0 radical (unpaired) electrons. The number of hydrogen-bond donors (Lipinski definition) is 1. The molecule has 9 nitrogen and oxygen atoms in total. The summed E-state index contributed by atoms with van der Waals surface area (Å²) < 4.78 is 60.2. The summed E-state index contributed by atoms with van der Waals surface area (Å²) >= 11 is 5.97. The first-order chi connectivity index (χ1) is 18.6. The zero-order valence-electron chi connectivity index (χ0n) is 21.4. The summed E-state index contributed by atoms with van der Waals surface area (Å²) in [5.74, 6) is -0.496. The molecule has 0 saturated carbocycles. The number of morpholine rings is 1. The third-order valence-electron chi connectivity index (χ3n) is 6.27. The maximum Gasteiger partial charge on any atom is 0.243 e. The van der Waals surface area contributed by atoms with E-state index in [1.54, 1.807) is 48.5 Å². The van der Waals surface area contributed by atoms with E-state index in [9.17, 15) is 21.6 Å². The second-order valence-corrected chi connectivity index (χ2v) is 13.5. The molecule has 0 atom stereocenters. The van der Waals surface area contributed by atoms with Crippen LogP contribution in [-0.2, 0) is 42.7 Å². The number of rotatable bonds is 10. The lowest BCUT2D eigenvalue weighted by molar-refractivity contribution is -0.121. The van der Waals surface area contributed by atoms with E-state index >= 15 is 0 Å². The minimum absolute atomic E-state index is 0.0190. The Labute approximate surface area is 234 Å². The number of ether oxygens (including phenoxy) is 1. The van der Waals surface area contributed by atoms with Gasteiger partial charge in [0, 0.05) is 31.2 Å². The largest absolute Gasteiger partial charge is 0.379 e. The van der Waals surface area contributed by atoms with Crippen molar-refractivity contribution in [2.75, 3.05) is 32.8 Å². The normalized spacial score (nSPS) is 14.8. The van der Waals surface area contributed by atoms with Crippen LogP contribution in [-0.4, -0.2) is 64.2 Å². The number of halogens is 1. The minimum atomic E-state index is -3.98. The van der Waals surface area contributed by atoms with E-state index in [0.29, 0.717) is 42.5 Å². The topological polar surface area (TPSA) is 113 Å². The Morgan fingerprint density at radius 2 is 1.44 bits per heavy atom. The molecule has 0 spiro atoms. The Morgan fingerprint density at radius 3 is 2.05 bits per heavy atom. The summed E-state index contributed by atoms with van der Waals surface area (Å²) in [6.07, 6.45) is 0. The molecule has 12 heteroatoms. The number of carbonyl (C=O) groups is 1. The Bertz CT molecular complexity index is 1490. The van der Waals surface area contributed by atoms with Crippen molar-refractivity contribution < 1.29 is 26.4 Å². The predicted molar refractivity (Wildman–Crippen MR) is 148 cm³/mol. The number of nitrogens with zero attached hydrogens (tertiary/aromatic N) is 2.